The number of nitrogens with two attached hydrogens (primary N) is 2. The number of benzene rings is 1. The molecular weight excluding hydrogens is 326 g/mol. The normalized spacial score (nSPS) is 12.7. The lowest BCUT2D eigenvalue weighted by Crippen LogP contribution is -2.21. The third-order valence-corrected chi connectivity index (χ3v) is 2.56. The summed E-state index contributed by atoms with van der Waals surface area (Å²) in [7, 11) is 0. The molecule has 0 aliphatic carbocycles. The summed E-state index contributed by atoms with van der Waals surface area (Å²) in [6.07, 6.45) is -9.44. The Kier molecular flexibility index (Phi) is 4.72. The van der Waals surface area contributed by atoms with Crippen molar-refractivity contribution in [2.24, 2.45) is 21.7 Å². The number of hydrogen-bond donors (Lipinski definition) is 2. The van der Waals surface area contributed by atoms with Crippen molar-refractivity contribution >= 4 is 23.8 Å². The number of guanidine groups is 1. The summed E-state index contributed by atoms with van der Waals surface area (Å²) in [6.45, 7) is 0. The van der Waals surface area contributed by atoms with Gasteiger partial charge in [-0.1, -0.05) is 11.6 Å². The van der Waals surface area contributed by atoms with E-state index in [0.717, 1.165) is 0 Å². The highest BCUT2D eigenvalue weighted by Gasteiger charge is 2.39. The van der Waals surface area contributed by atoms with Crippen LogP contribution in [0.25, 0.3) is 0 Å². The molecule has 0 saturated heterocycles. The van der Waals surface area contributed by atoms with Gasteiger partial charge in [0.1, 0.15) is 0 Å². The van der Waals surface area contributed by atoms with Gasteiger partial charge in [0.15, 0.2) is 0 Å². The smallest absolute Gasteiger partial charge is 0.369 e. The molecule has 11 heteroatoms. The van der Waals surface area contributed by atoms with E-state index in [1.165, 1.54) is 0 Å². The largest absolute Gasteiger partial charge is 0.417 e. The van der Waals surface area contributed by atoms with Crippen molar-refractivity contribution in [3.8, 4) is 0 Å². The van der Waals surface area contributed by atoms with Crippen molar-refractivity contribution in [1.29, 1.82) is 0 Å². The monoisotopic (exact) mass is 332 g/mol. The number of nitrogens with zero attached hydrogens (tertiary/aromatic N) is 2. The maximum atomic E-state index is 12.8. The van der Waals surface area contributed by atoms with E-state index in [9.17, 15) is 26.3 Å². The number of hydrogen-bond acceptors (Lipinski definition) is 2. The molecule has 116 valence electrons. The fourth-order valence-electron chi connectivity index (χ4n) is 1.34. The number of rotatable bonds is 2. The fourth-order valence-corrected chi connectivity index (χ4v) is 1.66. The average Bonchev–Trinajstić information content (AvgIpc) is 2.27. The molecule has 0 heterocycles. The van der Waals surface area contributed by atoms with Crippen LogP contribution in [0.5, 0.6) is 0 Å². The van der Waals surface area contributed by atoms with Crippen LogP contribution >= 0.6 is 11.6 Å². The van der Waals surface area contributed by atoms with E-state index in [-0.39, 0.29) is 12.1 Å². The molecule has 0 bridgehead atoms. The van der Waals surface area contributed by atoms with Crippen LogP contribution in [0.3, 0.4) is 0 Å². The van der Waals surface area contributed by atoms with Crippen LogP contribution in [-0.2, 0) is 12.4 Å². The van der Waals surface area contributed by atoms with Crippen LogP contribution in [0.2, 0.25) is 5.02 Å². The van der Waals surface area contributed by atoms with E-state index >= 15 is 0 Å². The van der Waals surface area contributed by atoms with Crippen LogP contribution in [0.4, 0.5) is 26.3 Å². The molecule has 1 rings (SSSR count). The highest BCUT2D eigenvalue weighted by molar-refractivity contribution is 6.34. The molecule has 0 unspecified atom stereocenters. The van der Waals surface area contributed by atoms with Gasteiger partial charge in [0.2, 0.25) is 5.96 Å². The predicted octanol–water partition coefficient (Wildman–Crippen LogP) is 2.98. The fraction of sp³-hybridized carbons (Fsp3) is 0.200. The molecule has 4 nitrogen and oxygen atoms in total. The molecule has 0 spiro atoms. The van der Waals surface area contributed by atoms with E-state index in [1.54, 1.807) is 0 Å². The van der Waals surface area contributed by atoms with Crippen LogP contribution in [0.15, 0.2) is 22.3 Å². The molecule has 1 aromatic rings. The second-order valence-electron chi connectivity index (χ2n) is 3.65. The lowest BCUT2D eigenvalue weighted by Gasteiger charge is -2.15. The van der Waals surface area contributed by atoms with E-state index in [2.05, 4.69) is 10.2 Å². The minimum Gasteiger partial charge on any atom is -0.369 e. The summed E-state index contributed by atoms with van der Waals surface area (Å²) in [5, 5.41) is 4.92. The van der Waals surface area contributed by atoms with Crippen molar-refractivity contribution in [2.75, 3.05) is 0 Å². The zero-order chi connectivity index (χ0) is 16.4. The maximum absolute atomic E-state index is 12.8. The van der Waals surface area contributed by atoms with Crippen LogP contribution < -0.4 is 11.5 Å². The van der Waals surface area contributed by atoms with Crippen molar-refractivity contribution in [1.82, 2.24) is 0 Å². The molecule has 0 aliphatic rings. The van der Waals surface area contributed by atoms with Crippen LogP contribution in [0, 0.1) is 0 Å². The molecule has 0 aromatic heterocycles. The lowest BCUT2D eigenvalue weighted by atomic mass is 10.0. The molecule has 0 aliphatic heterocycles. The predicted molar refractivity (Wildman–Crippen MR) is 64.9 cm³/mol. The zero-order valence-corrected chi connectivity index (χ0v) is 10.7. The third kappa shape index (κ3) is 4.25. The summed E-state index contributed by atoms with van der Waals surface area (Å²) in [6, 6.07) is 0.495. The van der Waals surface area contributed by atoms with Crippen molar-refractivity contribution in [2.45, 2.75) is 12.4 Å². The first-order chi connectivity index (χ1) is 9.44. The van der Waals surface area contributed by atoms with Crippen molar-refractivity contribution in [3.63, 3.8) is 0 Å². The first-order valence-electron chi connectivity index (χ1n) is 5.03. The van der Waals surface area contributed by atoms with Gasteiger partial charge in [-0.15, -0.1) is 5.10 Å². The van der Waals surface area contributed by atoms with E-state index in [1.807, 2.05) is 0 Å². The van der Waals surface area contributed by atoms with Gasteiger partial charge in [-0.2, -0.15) is 31.4 Å². The van der Waals surface area contributed by atoms with Gasteiger partial charge in [-0.25, -0.2) is 0 Å². The molecular formula is C10H7ClF6N4. The Morgan fingerprint density at radius 3 is 1.90 bits per heavy atom. The lowest BCUT2D eigenvalue weighted by molar-refractivity contribution is -0.141. The zero-order valence-electron chi connectivity index (χ0n) is 9.93. The third-order valence-electron chi connectivity index (χ3n) is 2.15. The first kappa shape index (κ1) is 17.1. The average molecular weight is 333 g/mol. The Balaban J connectivity index is 3.54. The van der Waals surface area contributed by atoms with Gasteiger partial charge < -0.3 is 11.5 Å². The first-order valence-corrected chi connectivity index (χ1v) is 5.41. The maximum Gasteiger partial charge on any atom is 0.417 e. The highest BCUT2D eigenvalue weighted by Crippen LogP contribution is 2.41. The Bertz CT molecular complexity index is 586. The molecule has 21 heavy (non-hydrogen) atoms. The summed E-state index contributed by atoms with van der Waals surface area (Å²) in [5.74, 6) is -0.581. The molecule has 0 atom stereocenters. The molecule has 0 radical (unpaired) electrons. The number of halogens is 7. The minimum absolute atomic E-state index is 0.239. The van der Waals surface area contributed by atoms with Gasteiger partial charge in [-0.3, -0.25) is 0 Å². The minimum atomic E-state index is -4.92. The Morgan fingerprint density at radius 2 is 1.48 bits per heavy atom. The molecule has 0 fully saturated rings. The van der Waals surface area contributed by atoms with Gasteiger partial charge >= 0.3 is 12.4 Å². The van der Waals surface area contributed by atoms with Crippen LogP contribution in [0.1, 0.15) is 16.7 Å². The SMILES string of the molecule is NC(N)=NN=Cc1c(C(F)(F)F)ccc(C(F)(F)F)c1Cl. The van der Waals surface area contributed by atoms with Crippen molar-refractivity contribution in [3.05, 3.63) is 33.8 Å². The summed E-state index contributed by atoms with van der Waals surface area (Å²) >= 11 is 5.40. The van der Waals surface area contributed by atoms with Gasteiger partial charge in [-0.05, 0) is 12.1 Å². The Labute approximate surface area is 119 Å². The molecule has 0 amide bonds. The van der Waals surface area contributed by atoms with Crippen LogP contribution in [-0.4, -0.2) is 12.2 Å². The van der Waals surface area contributed by atoms with E-state index in [0.29, 0.717) is 6.21 Å². The molecule has 0 saturated carbocycles. The van der Waals surface area contributed by atoms with E-state index < -0.39 is 40.0 Å². The number of alkyl halides is 6. The molecule has 1 aromatic carbocycles. The summed E-state index contributed by atoms with van der Waals surface area (Å²) in [5.41, 5.74) is 5.99. The quantitative estimate of drug-likeness (QED) is 0.378. The second kappa shape index (κ2) is 5.80. The topological polar surface area (TPSA) is 76.8 Å². The summed E-state index contributed by atoms with van der Waals surface area (Å²) in [4.78, 5) is 0. The van der Waals surface area contributed by atoms with Gasteiger partial charge in [0, 0.05) is 5.56 Å². The second-order valence-corrected chi connectivity index (χ2v) is 4.03. The standard InChI is InChI=1S/C10H7ClF6N4/c11-7-4(3-20-21-8(18)19)5(9(12,13)14)1-2-6(7)10(15,16)17/h1-3H,(H4,18,19,21). The molecule has 4 N–H and O–H groups in total. The Morgan fingerprint density at radius 1 is 1.00 bits per heavy atom. The van der Waals surface area contributed by atoms with Gasteiger partial charge in [0.05, 0.1) is 22.4 Å². The Hall–Kier alpha value is -1.97. The highest BCUT2D eigenvalue weighted by atomic mass is 35.5. The summed E-state index contributed by atoms with van der Waals surface area (Å²) < 4.78 is 76.2. The van der Waals surface area contributed by atoms with E-state index in [4.69, 9.17) is 23.1 Å². The van der Waals surface area contributed by atoms with Gasteiger partial charge in [0.25, 0.3) is 0 Å². The van der Waals surface area contributed by atoms with Crippen molar-refractivity contribution < 1.29 is 26.3 Å².